The summed E-state index contributed by atoms with van der Waals surface area (Å²) in [6.07, 6.45) is 0.939. The molecule has 32 heavy (non-hydrogen) atoms. The van der Waals surface area contributed by atoms with Crippen molar-refractivity contribution in [3.8, 4) is 0 Å². The third-order valence-electron chi connectivity index (χ3n) is 5.84. The third kappa shape index (κ3) is 4.40. The Morgan fingerprint density at radius 1 is 0.875 bits per heavy atom. The molecular weight excluding hydrogens is 564 g/mol. The van der Waals surface area contributed by atoms with Crippen LogP contribution in [-0.2, 0) is 9.59 Å². The molecule has 0 N–H and O–H groups in total. The molecule has 3 amide bonds. The van der Waals surface area contributed by atoms with Gasteiger partial charge in [0.25, 0.3) is 17.7 Å². The molecule has 166 valence electrons. The van der Waals surface area contributed by atoms with E-state index in [4.69, 9.17) is 11.6 Å². The molecule has 6 nitrogen and oxygen atoms in total. The molecule has 0 unspecified atom stereocenters. The van der Waals surface area contributed by atoms with Gasteiger partial charge in [-0.15, -0.1) is 0 Å². The molecule has 4 rings (SSSR count). The lowest BCUT2D eigenvalue weighted by atomic mass is 9.81. The van der Waals surface area contributed by atoms with Crippen molar-refractivity contribution in [3.05, 3.63) is 70.7 Å². The highest BCUT2D eigenvalue weighted by Gasteiger charge is 2.54. The van der Waals surface area contributed by atoms with Gasteiger partial charge in [-0.25, -0.2) is 5.01 Å². The fourth-order valence-corrected chi connectivity index (χ4v) is 5.50. The number of alkyl halides is 2. The van der Waals surface area contributed by atoms with E-state index >= 15 is 0 Å². The lowest BCUT2D eigenvalue weighted by Crippen LogP contribution is -2.52. The number of hydrogen-bond acceptors (Lipinski definition) is 4. The number of benzene rings is 2. The molecule has 1 saturated heterocycles. The van der Waals surface area contributed by atoms with Crippen molar-refractivity contribution in [2.75, 3.05) is 6.54 Å². The molecule has 2 aliphatic rings. The van der Waals surface area contributed by atoms with Crippen molar-refractivity contribution in [1.29, 1.82) is 0 Å². The molecule has 1 aliphatic carbocycles. The number of hydrogen-bond donors (Lipinski definition) is 0. The summed E-state index contributed by atoms with van der Waals surface area (Å²) in [6, 6.07) is 14.6. The minimum Gasteiger partial charge on any atom is -0.292 e. The van der Waals surface area contributed by atoms with Crippen molar-refractivity contribution in [2.45, 2.75) is 22.5 Å². The zero-order chi connectivity index (χ0) is 23.0. The van der Waals surface area contributed by atoms with E-state index in [1.54, 1.807) is 42.5 Å². The SMILES string of the molecule is O=C(CN(C(=O)c1ccc(Cl)cc1)N1C(=O)[C@@H]2C[C@H](Br)[C@@H](Br)C[C@H]2C1=O)c1ccccc1. The molecule has 4 atom stereocenters. The molecule has 1 aliphatic heterocycles. The predicted molar refractivity (Wildman–Crippen MR) is 127 cm³/mol. The summed E-state index contributed by atoms with van der Waals surface area (Å²) < 4.78 is 0. The maximum absolute atomic E-state index is 13.4. The van der Waals surface area contributed by atoms with Crippen molar-refractivity contribution < 1.29 is 19.2 Å². The molecule has 1 saturated carbocycles. The highest BCUT2D eigenvalue weighted by molar-refractivity contribution is 9.12. The van der Waals surface area contributed by atoms with Crippen molar-refractivity contribution in [1.82, 2.24) is 10.0 Å². The Morgan fingerprint density at radius 3 is 1.94 bits per heavy atom. The van der Waals surface area contributed by atoms with E-state index in [9.17, 15) is 19.2 Å². The second-order valence-electron chi connectivity index (χ2n) is 7.86. The summed E-state index contributed by atoms with van der Waals surface area (Å²) in [4.78, 5) is 53.0. The summed E-state index contributed by atoms with van der Waals surface area (Å²) >= 11 is 13.1. The number of hydrazine groups is 1. The lowest BCUT2D eigenvalue weighted by Gasteiger charge is -2.30. The van der Waals surface area contributed by atoms with E-state index in [0.29, 0.717) is 23.4 Å². The zero-order valence-electron chi connectivity index (χ0n) is 16.8. The van der Waals surface area contributed by atoms with Gasteiger partial charge < -0.3 is 0 Å². The predicted octanol–water partition coefficient (Wildman–Crippen LogP) is 4.50. The van der Waals surface area contributed by atoms with Crippen LogP contribution in [0.3, 0.4) is 0 Å². The number of nitrogens with zero attached hydrogens (tertiary/aromatic N) is 2. The number of ketones is 1. The van der Waals surface area contributed by atoms with E-state index in [0.717, 1.165) is 10.0 Å². The Labute approximate surface area is 207 Å². The van der Waals surface area contributed by atoms with E-state index < -0.39 is 36.1 Å². The molecule has 1 heterocycles. The number of halogens is 3. The number of carbonyl (C=O) groups excluding carboxylic acids is 4. The summed E-state index contributed by atoms with van der Waals surface area (Å²) in [6.45, 7) is -0.433. The van der Waals surface area contributed by atoms with E-state index in [1.807, 2.05) is 0 Å². The summed E-state index contributed by atoms with van der Waals surface area (Å²) in [5, 5.41) is 2.31. The Kier molecular flexibility index (Phi) is 6.83. The van der Waals surface area contributed by atoms with E-state index in [2.05, 4.69) is 31.9 Å². The van der Waals surface area contributed by atoms with Gasteiger partial charge in [-0.05, 0) is 37.1 Å². The van der Waals surface area contributed by atoms with Crippen LogP contribution in [0.4, 0.5) is 0 Å². The number of Topliss-reactive ketones (excluding diaryl/α,β-unsaturated/α-hetero) is 1. The van der Waals surface area contributed by atoms with Crippen molar-refractivity contribution >= 4 is 67.0 Å². The topological polar surface area (TPSA) is 74.8 Å². The Hall–Kier alpha value is -2.03. The van der Waals surface area contributed by atoms with E-state index in [1.165, 1.54) is 12.1 Å². The zero-order valence-corrected chi connectivity index (χ0v) is 20.7. The number of amides is 3. The first kappa shape index (κ1) is 23.1. The number of rotatable bonds is 5. The van der Waals surface area contributed by atoms with Crippen LogP contribution in [0.15, 0.2) is 54.6 Å². The number of fused-ring (bicyclic) bond motifs is 1. The molecular formula is C23H19Br2ClN2O4. The monoisotopic (exact) mass is 580 g/mol. The maximum Gasteiger partial charge on any atom is 0.273 e. The van der Waals surface area contributed by atoms with Gasteiger partial charge in [0.1, 0.15) is 6.54 Å². The average Bonchev–Trinajstić information content (AvgIpc) is 3.02. The number of carbonyl (C=O) groups is 4. The fraction of sp³-hybridized carbons (Fsp3) is 0.304. The van der Waals surface area contributed by atoms with Crippen LogP contribution in [0.5, 0.6) is 0 Å². The van der Waals surface area contributed by atoms with Crippen molar-refractivity contribution in [3.63, 3.8) is 0 Å². The van der Waals surface area contributed by atoms with Gasteiger partial charge in [-0.2, -0.15) is 5.01 Å². The van der Waals surface area contributed by atoms with Crippen LogP contribution in [0.2, 0.25) is 5.02 Å². The van der Waals surface area contributed by atoms with Crippen LogP contribution >= 0.6 is 43.5 Å². The molecule has 9 heteroatoms. The third-order valence-corrected chi connectivity index (χ3v) is 8.83. The standard InChI is InChI=1S/C23H19Br2ClN2O4/c24-18-10-16-17(11-19(18)25)23(32)28(22(16)31)27(12-20(29)13-4-2-1-3-5-13)21(30)14-6-8-15(26)9-7-14/h1-9,16-19H,10-12H2/t16-,17-,18+,19+/m1/s1. The molecule has 0 radical (unpaired) electrons. The van der Waals surface area contributed by atoms with Gasteiger partial charge in [0.05, 0.1) is 11.8 Å². The molecule has 0 bridgehead atoms. The van der Waals surface area contributed by atoms with Gasteiger partial charge in [-0.1, -0.05) is 73.8 Å². The van der Waals surface area contributed by atoms with Gasteiger partial charge in [0.15, 0.2) is 5.78 Å². The van der Waals surface area contributed by atoms with Crippen molar-refractivity contribution in [2.24, 2.45) is 11.8 Å². The highest BCUT2D eigenvalue weighted by atomic mass is 79.9. The first-order chi connectivity index (χ1) is 15.3. The minimum absolute atomic E-state index is 0.0341. The van der Waals surface area contributed by atoms with Gasteiger partial charge in [0.2, 0.25) is 0 Å². The first-order valence-electron chi connectivity index (χ1n) is 10.1. The highest BCUT2D eigenvalue weighted by Crippen LogP contribution is 2.43. The molecule has 2 aromatic carbocycles. The molecule has 0 spiro atoms. The largest absolute Gasteiger partial charge is 0.292 e. The average molecular weight is 583 g/mol. The first-order valence-corrected chi connectivity index (χ1v) is 12.3. The second-order valence-corrected chi connectivity index (χ2v) is 10.7. The van der Waals surface area contributed by atoms with Crippen LogP contribution in [0.1, 0.15) is 33.6 Å². The Bertz CT molecular complexity index is 1040. The molecule has 2 aromatic rings. The molecule has 0 aromatic heterocycles. The Morgan fingerprint density at radius 2 is 1.41 bits per heavy atom. The minimum atomic E-state index is -0.614. The normalized spacial score (nSPS) is 24.9. The number of imide groups is 1. The summed E-state index contributed by atoms with van der Waals surface area (Å²) in [5.74, 6) is -2.96. The van der Waals surface area contributed by atoms with Crippen LogP contribution in [-0.4, -0.2) is 49.7 Å². The van der Waals surface area contributed by atoms with Gasteiger partial charge in [0, 0.05) is 25.8 Å². The van der Waals surface area contributed by atoms with Crippen LogP contribution < -0.4 is 0 Å². The van der Waals surface area contributed by atoms with Gasteiger partial charge >= 0.3 is 0 Å². The smallest absolute Gasteiger partial charge is 0.273 e. The lowest BCUT2D eigenvalue weighted by molar-refractivity contribution is -0.154. The summed E-state index contributed by atoms with van der Waals surface area (Å²) in [7, 11) is 0. The maximum atomic E-state index is 13.4. The Balaban J connectivity index is 1.69. The second kappa shape index (κ2) is 9.45. The van der Waals surface area contributed by atoms with E-state index in [-0.39, 0.29) is 21.0 Å². The van der Waals surface area contributed by atoms with Crippen LogP contribution in [0, 0.1) is 11.8 Å². The van der Waals surface area contributed by atoms with Gasteiger partial charge in [-0.3, -0.25) is 19.2 Å². The fourth-order valence-electron chi connectivity index (χ4n) is 4.14. The quantitative estimate of drug-likeness (QED) is 0.296. The molecule has 2 fully saturated rings. The summed E-state index contributed by atoms with van der Waals surface area (Å²) in [5.41, 5.74) is 0.612. The van der Waals surface area contributed by atoms with Crippen LogP contribution in [0.25, 0.3) is 0 Å².